The van der Waals surface area contributed by atoms with Gasteiger partial charge in [-0.2, -0.15) is 13.2 Å². The first-order valence-corrected chi connectivity index (χ1v) is 8.06. The molecule has 2 heterocycles. The second kappa shape index (κ2) is 7.15. The van der Waals surface area contributed by atoms with Crippen LogP contribution >= 0.6 is 0 Å². The lowest BCUT2D eigenvalue weighted by atomic mass is 10.0. The van der Waals surface area contributed by atoms with E-state index in [9.17, 15) is 18.0 Å². The second-order valence-electron chi connectivity index (χ2n) is 5.97. The molecule has 8 heteroatoms. The van der Waals surface area contributed by atoms with Gasteiger partial charge in [0, 0.05) is 30.7 Å². The zero-order valence-corrected chi connectivity index (χ0v) is 14.0. The Labute approximate surface area is 148 Å². The number of amides is 2. The molecule has 0 bridgehead atoms. The van der Waals surface area contributed by atoms with Crippen LogP contribution in [-0.4, -0.2) is 33.5 Å². The fraction of sp³-hybridized carbons (Fsp3) is 0.278. The predicted octanol–water partition coefficient (Wildman–Crippen LogP) is 4.21. The van der Waals surface area contributed by atoms with Crippen LogP contribution in [0.2, 0.25) is 0 Å². The quantitative estimate of drug-likeness (QED) is 0.871. The van der Waals surface area contributed by atoms with Gasteiger partial charge in [0.2, 0.25) is 0 Å². The summed E-state index contributed by atoms with van der Waals surface area (Å²) >= 11 is 0. The average Bonchev–Trinajstić information content (AvgIpc) is 2.62. The molecule has 0 aliphatic carbocycles. The third-order valence-electron chi connectivity index (χ3n) is 4.17. The highest BCUT2D eigenvalue weighted by atomic mass is 19.4. The minimum Gasteiger partial charge on any atom is -0.318 e. The zero-order valence-electron chi connectivity index (χ0n) is 14.0. The van der Waals surface area contributed by atoms with Crippen LogP contribution in [0.4, 0.5) is 23.7 Å². The number of alkyl halides is 3. The number of nitrogens with one attached hydrogen (secondary N) is 1. The molecular weight excluding hydrogens is 345 g/mol. The molecule has 1 aromatic carbocycles. The summed E-state index contributed by atoms with van der Waals surface area (Å²) in [6, 6.07) is 3.86. The van der Waals surface area contributed by atoms with E-state index in [1.165, 1.54) is 12.1 Å². The maximum atomic E-state index is 12.6. The van der Waals surface area contributed by atoms with Crippen molar-refractivity contribution in [2.75, 3.05) is 11.9 Å². The Kier molecular flexibility index (Phi) is 4.92. The summed E-state index contributed by atoms with van der Waals surface area (Å²) < 4.78 is 37.8. The molecule has 2 aromatic rings. The van der Waals surface area contributed by atoms with Crippen molar-refractivity contribution in [3.63, 3.8) is 0 Å². The van der Waals surface area contributed by atoms with Crippen LogP contribution in [0.1, 0.15) is 24.6 Å². The van der Waals surface area contributed by atoms with Gasteiger partial charge in [-0.05, 0) is 43.2 Å². The predicted molar refractivity (Wildman–Crippen MR) is 91.3 cm³/mol. The molecule has 0 spiro atoms. The monoisotopic (exact) mass is 362 g/mol. The first-order valence-electron chi connectivity index (χ1n) is 8.06. The van der Waals surface area contributed by atoms with Crippen molar-refractivity contribution in [2.45, 2.75) is 25.6 Å². The maximum absolute atomic E-state index is 12.6. The smallest absolute Gasteiger partial charge is 0.318 e. The number of hydrogen-bond acceptors (Lipinski definition) is 3. The normalized spacial score (nSPS) is 17.6. The highest BCUT2D eigenvalue weighted by Crippen LogP contribution is 2.30. The third kappa shape index (κ3) is 4.01. The lowest BCUT2D eigenvalue weighted by molar-refractivity contribution is -0.137. The topological polar surface area (TPSA) is 58.1 Å². The summed E-state index contributed by atoms with van der Waals surface area (Å²) in [5.41, 5.74) is 1.36. The van der Waals surface area contributed by atoms with Gasteiger partial charge in [-0.3, -0.25) is 9.97 Å². The summed E-state index contributed by atoms with van der Waals surface area (Å²) in [6.07, 6.45) is 3.07. The molecule has 3 rings (SSSR count). The molecule has 0 saturated carbocycles. The highest BCUT2D eigenvalue weighted by Gasteiger charge is 2.30. The van der Waals surface area contributed by atoms with Crippen molar-refractivity contribution >= 4 is 17.3 Å². The van der Waals surface area contributed by atoms with Crippen molar-refractivity contribution in [1.82, 2.24) is 14.9 Å². The van der Waals surface area contributed by atoms with Crippen LogP contribution in [0.3, 0.4) is 0 Å². The Morgan fingerprint density at radius 3 is 2.54 bits per heavy atom. The lowest BCUT2D eigenvalue weighted by Gasteiger charge is -2.32. The molecule has 1 atom stereocenters. The summed E-state index contributed by atoms with van der Waals surface area (Å²) in [5.74, 6) is 0. The SMILES string of the molecule is C[C@@H]1C=C(c2cnccn2)CCN1C(=O)Nc1ccc(C(F)(F)F)cc1. The second-order valence-corrected chi connectivity index (χ2v) is 5.97. The van der Waals surface area contributed by atoms with E-state index in [2.05, 4.69) is 15.3 Å². The van der Waals surface area contributed by atoms with E-state index in [1.807, 2.05) is 13.0 Å². The molecule has 1 aliphatic heterocycles. The van der Waals surface area contributed by atoms with Gasteiger partial charge < -0.3 is 10.2 Å². The van der Waals surface area contributed by atoms with Gasteiger partial charge in [-0.1, -0.05) is 6.08 Å². The first-order chi connectivity index (χ1) is 12.3. The minimum absolute atomic E-state index is 0.171. The summed E-state index contributed by atoms with van der Waals surface area (Å²) in [5, 5.41) is 2.64. The molecule has 1 aromatic heterocycles. The van der Waals surface area contributed by atoms with Crippen molar-refractivity contribution in [2.24, 2.45) is 0 Å². The number of aromatic nitrogens is 2. The standard InChI is InChI=1S/C18H17F3N4O/c1-12-10-13(16-11-22-7-8-23-16)6-9-25(12)17(26)24-15-4-2-14(3-5-15)18(19,20)21/h2-5,7-8,10-12H,6,9H2,1H3,(H,24,26)/t12-/m1/s1. The number of benzene rings is 1. The molecule has 1 aliphatic rings. The van der Waals surface area contributed by atoms with Crippen LogP contribution < -0.4 is 5.32 Å². The number of halogens is 3. The zero-order chi connectivity index (χ0) is 18.7. The Hall–Kier alpha value is -2.90. The molecule has 0 unspecified atom stereocenters. The van der Waals surface area contributed by atoms with Gasteiger partial charge in [0.25, 0.3) is 0 Å². The molecule has 1 N–H and O–H groups in total. The molecular formula is C18H17F3N4O. The van der Waals surface area contributed by atoms with Gasteiger partial charge in [0.05, 0.1) is 17.5 Å². The third-order valence-corrected chi connectivity index (χ3v) is 4.17. The Morgan fingerprint density at radius 1 is 1.23 bits per heavy atom. The van der Waals surface area contributed by atoms with E-state index in [0.29, 0.717) is 18.7 Å². The summed E-state index contributed by atoms with van der Waals surface area (Å²) in [6.45, 7) is 2.36. The molecule has 136 valence electrons. The Balaban J connectivity index is 1.67. The van der Waals surface area contributed by atoms with Gasteiger partial charge in [-0.15, -0.1) is 0 Å². The van der Waals surface area contributed by atoms with E-state index in [0.717, 1.165) is 23.4 Å². The number of hydrogen-bond donors (Lipinski definition) is 1. The van der Waals surface area contributed by atoms with Gasteiger partial charge in [0.15, 0.2) is 0 Å². The lowest BCUT2D eigenvalue weighted by Crippen LogP contribution is -2.43. The van der Waals surface area contributed by atoms with Crippen LogP contribution in [0.15, 0.2) is 48.9 Å². The number of rotatable bonds is 2. The highest BCUT2D eigenvalue weighted by molar-refractivity contribution is 5.90. The van der Waals surface area contributed by atoms with Gasteiger partial charge in [0.1, 0.15) is 0 Å². The Morgan fingerprint density at radius 2 is 1.96 bits per heavy atom. The summed E-state index contributed by atoms with van der Waals surface area (Å²) in [4.78, 5) is 22.4. The van der Waals surface area contributed by atoms with E-state index >= 15 is 0 Å². The van der Waals surface area contributed by atoms with Gasteiger partial charge >= 0.3 is 12.2 Å². The molecule has 5 nitrogen and oxygen atoms in total. The summed E-state index contributed by atoms with van der Waals surface area (Å²) in [7, 11) is 0. The number of carbonyl (C=O) groups excluding carboxylic acids is 1. The minimum atomic E-state index is -4.40. The van der Waals surface area contributed by atoms with E-state index in [4.69, 9.17) is 0 Å². The maximum Gasteiger partial charge on any atom is 0.416 e. The molecule has 26 heavy (non-hydrogen) atoms. The number of nitrogens with zero attached hydrogens (tertiary/aromatic N) is 3. The van der Waals surface area contributed by atoms with Crippen molar-refractivity contribution < 1.29 is 18.0 Å². The van der Waals surface area contributed by atoms with Crippen LogP contribution in [-0.2, 0) is 6.18 Å². The van der Waals surface area contributed by atoms with Crippen molar-refractivity contribution in [1.29, 1.82) is 0 Å². The number of urea groups is 1. The fourth-order valence-electron chi connectivity index (χ4n) is 2.81. The van der Waals surface area contributed by atoms with Crippen LogP contribution in [0.5, 0.6) is 0 Å². The molecule has 0 saturated heterocycles. The number of carbonyl (C=O) groups is 1. The van der Waals surface area contributed by atoms with E-state index in [1.54, 1.807) is 23.5 Å². The number of anilines is 1. The molecule has 0 radical (unpaired) electrons. The van der Waals surface area contributed by atoms with Gasteiger partial charge in [-0.25, -0.2) is 4.79 Å². The fourth-order valence-corrected chi connectivity index (χ4v) is 2.81. The van der Waals surface area contributed by atoms with Crippen LogP contribution in [0, 0.1) is 0 Å². The molecule has 0 fully saturated rings. The average molecular weight is 362 g/mol. The first kappa shape index (κ1) is 17.9. The molecule has 2 amide bonds. The van der Waals surface area contributed by atoms with Crippen LogP contribution in [0.25, 0.3) is 5.57 Å². The van der Waals surface area contributed by atoms with Crippen molar-refractivity contribution in [3.05, 3.63) is 60.2 Å². The van der Waals surface area contributed by atoms with E-state index in [-0.39, 0.29) is 12.1 Å². The van der Waals surface area contributed by atoms with Crippen molar-refractivity contribution in [3.8, 4) is 0 Å². The van der Waals surface area contributed by atoms with E-state index < -0.39 is 11.7 Å². The largest absolute Gasteiger partial charge is 0.416 e. The Bertz CT molecular complexity index is 803.